The van der Waals surface area contributed by atoms with Gasteiger partial charge >= 0.3 is 0 Å². The minimum atomic E-state index is -0.0783. The third-order valence-electron chi connectivity index (χ3n) is 4.37. The normalized spacial score (nSPS) is 16.9. The second-order valence-corrected chi connectivity index (χ2v) is 6.49. The van der Waals surface area contributed by atoms with Crippen molar-refractivity contribution in [3.63, 3.8) is 0 Å². The van der Waals surface area contributed by atoms with Crippen molar-refractivity contribution in [1.82, 2.24) is 15.1 Å². The zero-order chi connectivity index (χ0) is 18.5. The number of rotatable bonds is 5. The number of piperidine rings is 1. The molecule has 2 aromatic rings. The molecule has 1 saturated heterocycles. The van der Waals surface area contributed by atoms with E-state index in [4.69, 9.17) is 9.47 Å². The number of ether oxygens (including phenoxy) is 2. The Morgan fingerprint density at radius 3 is 2.54 bits per heavy atom. The number of amides is 1. The highest BCUT2D eigenvalue weighted by molar-refractivity contribution is 5.94. The summed E-state index contributed by atoms with van der Waals surface area (Å²) < 4.78 is 11.1. The summed E-state index contributed by atoms with van der Waals surface area (Å²) in [5.41, 5.74) is 0.654. The van der Waals surface area contributed by atoms with Gasteiger partial charge in [0.1, 0.15) is 11.9 Å². The number of hydrogen-bond donors (Lipinski definition) is 0. The summed E-state index contributed by atoms with van der Waals surface area (Å²) in [5, 5.41) is 8.23. The highest BCUT2D eigenvalue weighted by Crippen LogP contribution is 2.20. The molecule has 1 unspecified atom stereocenters. The molecule has 26 heavy (non-hydrogen) atoms. The van der Waals surface area contributed by atoms with Gasteiger partial charge in [-0.15, -0.1) is 10.2 Å². The Balaban J connectivity index is 1.62. The largest absolute Gasteiger partial charge is 0.497 e. The van der Waals surface area contributed by atoms with Crippen LogP contribution in [0.5, 0.6) is 11.6 Å². The predicted octanol–water partition coefficient (Wildman–Crippen LogP) is 2.23. The van der Waals surface area contributed by atoms with Gasteiger partial charge in [0, 0.05) is 32.3 Å². The first-order chi connectivity index (χ1) is 12.6. The molecule has 138 valence electrons. The fourth-order valence-electron chi connectivity index (χ4n) is 2.92. The Hall–Kier alpha value is -2.83. The van der Waals surface area contributed by atoms with Gasteiger partial charge in [0.25, 0.3) is 5.91 Å². The molecule has 2 heterocycles. The summed E-state index contributed by atoms with van der Waals surface area (Å²) in [6, 6.07) is 10.9. The summed E-state index contributed by atoms with van der Waals surface area (Å²) in [6.07, 6.45) is 1.71. The van der Waals surface area contributed by atoms with Crippen LogP contribution in [0.15, 0.2) is 36.4 Å². The molecular weight excluding hydrogens is 332 g/mol. The Morgan fingerprint density at radius 2 is 1.92 bits per heavy atom. The zero-order valence-electron chi connectivity index (χ0n) is 15.4. The summed E-state index contributed by atoms with van der Waals surface area (Å²) in [7, 11) is 5.43. The Morgan fingerprint density at radius 1 is 1.15 bits per heavy atom. The first kappa shape index (κ1) is 18.0. The van der Waals surface area contributed by atoms with Crippen LogP contribution in [-0.2, 0) is 0 Å². The lowest BCUT2D eigenvalue weighted by atomic mass is 10.1. The second kappa shape index (κ2) is 8.03. The molecule has 0 N–H and O–H groups in total. The molecule has 1 aromatic carbocycles. The van der Waals surface area contributed by atoms with E-state index in [9.17, 15) is 4.79 Å². The summed E-state index contributed by atoms with van der Waals surface area (Å²) >= 11 is 0. The van der Waals surface area contributed by atoms with Crippen molar-refractivity contribution in [2.45, 2.75) is 18.9 Å². The van der Waals surface area contributed by atoms with Crippen molar-refractivity contribution in [2.24, 2.45) is 0 Å². The molecule has 1 fully saturated rings. The fraction of sp³-hybridized carbons (Fsp3) is 0.421. The lowest BCUT2D eigenvalue weighted by molar-refractivity contribution is 0.0525. The second-order valence-electron chi connectivity index (χ2n) is 6.49. The molecule has 0 aliphatic carbocycles. The third kappa shape index (κ3) is 4.22. The lowest BCUT2D eigenvalue weighted by Gasteiger charge is -2.32. The molecule has 1 aliphatic rings. The number of likely N-dealkylation sites (tertiary alicyclic amines) is 1. The van der Waals surface area contributed by atoms with E-state index in [1.165, 1.54) is 0 Å². The maximum Gasteiger partial charge on any atom is 0.253 e. The SMILES string of the molecule is COc1ccc(C(=O)N2CCCC(Oc3ccc(N(C)C)nn3)C2)cc1. The molecule has 0 bridgehead atoms. The van der Waals surface area contributed by atoms with Crippen molar-refractivity contribution in [2.75, 3.05) is 39.2 Å². The number of anilines is 1. The minimum Gasteiger partial charge on any atom is -0.497 e. The highest BCUT2D eigenvalue weighted by Gasteiger charge is 2.26. The minimum absolute atomic E-state index is 0.00925. The molecule has 3 rings (SSSR count). The molecule has 0 spiro atoms. The van der Waals surface area contributed by atoms with Crippen LogP contribution in [0.1, 0.15) is 23.2 Å². The maximum absolute atomic E-state index is 12.7. The predicted molar refractivity (Wildman–Crippen MR) is 98.9 cm³/mol. The molecule has 1 atom stereocenters. The average Bonchev–Trinajstić information content (AvgIpc) is 2.68. The number of carbonyl (C=O) groups excluding carboxylic acids is 1. The van der Waals surface area contributed by atoms with Crippen LogP contribution >= 0.6 is 0 Å². The van der Waals surface area contributed by atoms with Crippen LogP contribution in [0.3, 0.4) is 0 Å². The van der Waals surface area contributed by atoms with E-state index in [0.717, 1.165) is 31.0 Å². The van der Waals surface area contributed by atoms with E-state index in [1.807, 2.05) is 36.0 Å². The van der Waals surface area contributed by atoms with Gasteiger partial charge in [-0.25, -0.2) is 0 Å². The van der Waals surface area contributed by atoms with E-state index in [-0.39, 0.29) is 12.0 Å². The number of carbonyl (C=O) groups is 1. The van der Waals surface area contributed by atoms with Crippen LogP contribution in [0.2, 0.25) is 0 Å². The van der Waals surface area contributed by atoms with Crippen molar-refractivity contribution in [1.29, 1.82) is 0 Å². The van der Waals surface area contributed by atoms with Crippen molar-refractivity contribution >= 4 is 11.7 Å². The number of benzene rings is 1. The highest BCUT2D eigenvalue weighted by atomic mass is 16.5. The van der Waals surface area contributed by atoms with Crippen LogP contribution in [0.4, 0.5) is 5.82 Å². The molecule has 1 amide bonds. The summed E-state index contributed by atoms with van der Waals surface area (Å²) in [6.45, 7) is 1.28. The Labute approximate surface area is 153 Å². The van der Waals surface area contributed by atoms with E-state index in [0.29, 0.717) is 18.0 Å². The van der Waals surface area contributed by atoms with Gasteiger partial charge in [-0.05, 0) is 43.2 Å². The molecule has 7 heteroatoms. The van der Waals surface area contributed by atoms with Crippen LogP contribution in [-0.4, -0.2) is 61.4 Å². The van der Waals surface area contributed by atoms with Gasteiger partial charge in [0.2, 0.25) is 5.88 Å². The third-order valence-corrected chi connectivity index (χ3v) is 4.37. The summed E-state index contributed by atoms with van der Waals surface area (Å²) in [4.78, 5) is 16.4. The van der Waals surface area contributed by atoms with Gasteiger partial charge in [0.05, 0.1) is 13.7 Å². The lowest BCUT2D eigenvalue weighted by Crippen LogP contribution is -2.44. The average molecular weight is 356 g/mol. The topological polar surface area (TPSA) is 67.8 Å². The quantitative estimate of drug-likeness (QED) is 0.818. The van der Waals surface area contributed by atoms with E-state index in [2.05, 4.69) is 10.2 Å². The number of methoxy groups -OCH3 is 1. The first-order valence-corrected chi connectivity index (χ1v) is 8.68. The number of hydrogen-bond acceptors (Lipinski definition) is 6. The van der Waals surface area contributed by atoms with Gasteiger partial charge in [-0.3, -0.25) is 4.79 Å². The standard InChI is InChI=1S/C19H24N4O3/c1-22(2)17-10-11-18(21-20-17)26-16-5-4-12-23(13-16)19(24)14-6-8-15(25-3)9-7-14/h6-11,16H,4-5,12-13H2,1-3H3. The molecule has 7 nitrogen and oxygen atoms in total. The molecule has 1 aliphatic heterocycles. The van der Waals surface area contributed by atoms with Gasteiger partial charge in [-0.1, -0.05) is 0 Å². The Bertz CT molecular complexity index is 731. The summed E-state index contributed by atoms with van der Waals surface area (Å²) in [5.74, 6) is 2.01. The van der Waals surface area contributed by atoms with Crippen LogP contribution < -0.4 is 14.4 Å². The Kier molecular flexibility index (Phi) is 5.55. The van der Waals surface area contributed by atoms with E-state index < -0.39 is 0 Å². The smallest absolute Gasteiger partial charge is 0.253 e. The monoisotopic (exact) mass is 356 g/mol. The van der Waals surface area contributed by atoms with Gasteiger partial charge in [0.15, 0.2) is 5.82 Å². The first-order valence-electron chi connectivity index (χ1n) is 8.68. The van der Waals surface area contributed by atoms with Crippen LogP contribution in [0.25, 0.3) is 0 Å². The van der Waals surface area contributed by atoms with E-state index >= 15 is 0 Å². The van der Waals surface area contributed by atoms with Crippen molar-refractivity contribution in [3.8, 4) is 11.6 Å². The molecule has 0 saturated carbocycles. The number of nitrogens with zero attached hydrogens (tertiary/aromatic N) is 4. The number of aromatic nitrogens is 2. The zero-order valence-corrected chi connectivity index (χ0v) is 15.4. The van der Waals surface area contributed by atoms with E-state index in [1.54, 1.807) is 31.4 Å². The van der Waals surface area contributed by atoms with Gasteiger partial charge < -0.3 is 19.3 Å². The van der Waals surface area contributed by atoms with Crippen LogP contribution in [0, 0.1) is 0 Å². The molecule has 1 aromatic heterocycles. The molecule has 0 radical (unpaired) electrons. The van der Waals surface area contributed by atoms with Crippen molar-refractivity contribution < 1.29 is 14.3 Å². The van der Waals surface area contributed by atoms with Gasteiger partial charge in [-0.2, -0.15) is 0 Å². The maximum atomic E-state index is 12.7. The molecular formula is C19H24N4O3. The van der Waals surface area contributed by atoms with Crippen molar-refractivity contribution in [3.05, 3.63) is 42.0 Å². The fourth-order valence-corrected chi connectivity index (χ4v) is 2.92.